The Morgan fingerprint density at radius 3 is 2.00 bits per heavy atom. The summed E-state index contributed by atoms with van der Waals surface area (Å²) in [6.07, 6.45) is 17.4. The first-order valence-corrected chi connectivity index (χ1v) is 11.8. The summed E-state index contributed by atoms with van der Waals surface area (Å²) in [4.78, 5) is 23.7. The quantitative estimate of drug-likeness (QED) is 0.220. The molecule has 0 bridgehead atoms. The van der Waals surface area contributed by atoms with Crippen LogP contribution in [0.2, 0.25) is 0 Å². The molecule has 1 aliphatic carbocycles. The molecule has 0 N–H and O–H groups in total. The third-order valence-electron chi connectivity index (χ3n) is 6.14. The van der Waals surface area contributed by atoms with Crippen molar-refractivity contribution in [2.45, 2.75) is 106 Å². The zero-order chi connectivity index (χ0) is 21.8. The van der Waals surface area contributed by atoms with Crippen LogP contribution in [0.25, 0.3) is 0 Å². The molecule has 0 aromatic rings. The molecule has 1 rings (SSSR count). The van der Waals surface area contributed by atoms with E-state index in [9.17, 15) is 9.59 Å². The molecule has 0 aliphatic heterocycles. The lowest BCUT2D eigenvalue weighted by Gasteiger charge is -2.15. The first-order chi connectivity index (χ1) is 13.7. The van der Waals surface area contributed by atoms with Crippen molar-refractivity contribution in [3.8, 4) is 0 Å². The van der Waals surface area contributed by atoms with Crippen molar-refractivity contribution < 1.29 is 9.59 Å². The van der Waals surface area contributed by atoms with Gasteiger partial charge in [0.05, 0.1) is 0 Å². The second-order valence-electron chi connectivity index (χ2n) is 9.84. The van der Waals surface area contributed by atoms with Gasteiger partial charge in [-0.1, -0.05) is 84.3 Å². The van der Waals surface area contributed by atoms with Gasteiger partial charge in [0.1, 0.15) is 0 Å². The van der Waals surface area contributed by atoms with E-state index in [1.165, 1.54) is 69.1 Å². The lowest BCUT2D eigenvalue weighted by atomic mass is 9.91. The number of carbonyl (C=O) groups excluding carboxylic acids is 2. The number of hydrogen-bond donors (Lipinski definition) is 0. The van der Waals surface area contributed by atoms with Crippen LogP contribution in [0.1, 0.15) is 106 Å². The smallest absolute Gasteiger partial charge is 0.185 e. The molecule has 164 valence electrons. The Bertz CT molecular complexity index is 618. The molecule has 1 aliphatic rings. The lowest BCUT2D eigenvalue weighted by molar-refractivity contribution is -0.115. The van der Waals surface area contributed by atoms with E-state index < -0.39 is 0 Å². The van der Waals surface area contributed by atoms with Crippen molar-refractivity contribution in [2.24, 2.45) is 17.8 Å². The summed E-state index contributed by atoms with van der Waals surface area (Å²) in [7, 11) is 0. The van der Waals surface area contributed by atoms with E-state index in [2.05, 4.69) is 40.7 Å². The molecule has 0 spiro atoms. The topological polar surface area (TPSA) is 34.1 Å². The van der Waals surface area contributed by atoms with Gasteiger partial charge in [0.25, 0.3) is 0 Å². The van der Waals surface area contributed by atoms with Crippen LogP contribution in [0.15, 0.2) is 34.9 Å². The van der Waals surface area contributed by atoms with E-state index in [0.29, 0.717) is 17.6 Å². The molecule has 0 heterocycles. The van der Waals surface area contributed by atoms with Crippen LogP contribution >= 0.6 is 0 Å². The number of hydrogen-bond acceptors (Lipinski definition) is 2. The van der Waals surface area contributed by atoms with Crippen LogP contribution in [-0.2, 0) is 9.59 Å². The summed E-state index contributed by atoms with van der Waals surface area (Å²) in [5, 5.41) is 0. The molecule has 0 saturated carbocycles. The zero-order valence-electron chi connectivity index (χ0n) is 19.9. The normalized spacial score (nSPS) is 17.4. The number of carbonyl (C=O) groups is 2. The van der Waals surface area contributed by atoms with Gasteiger partial charge in [-0.2, -0.15) is 0 Å². The van der Waals surface area contributed by atoms with Gasteiger partial charge in [-0.15, -0.1) is 0 Å². The Labute approximate surface area is 179 Å². The summed E-state index contributed by atoms with van der Waals surface area (Å²) in [5.41, 5.74) is 2.51. The highest BCUT2D eigenvalue weighted by atomic mass is 16.1. The van der Waals surface area contributed by atoms with Crippen LogP contribution in [0.3, 0.4) is 0 Å². The number of ketones is 2. The molecule has 0 aromatic heterocycles. The van der Waals surface area contributed by atoms with E-state index in [-0.39, 0.29) is 11.6 Å². The second-order valence-corrected chi connectivity index (χ2v) is 9.84. The van der Waals surface area contributed by atoms with E-state index in [1.54, 1.807) is 6.92 Å². The van der Waals surface area contributed by atoms with Crippen molar-refractivity contribution >= 4 is 11.6 Å². The highest BCUT2D eigenvalue weighted by Crippen LogP contribution is 2.23. The predicted octanol–water partition coefficient (Wildman–Crippen LogP) is 7.79. The summed E-state index contributed by atoms with van der Waals surface area (Å²) >= 11 is 0. The first kappa shape index (κ1) is 25.6. The molecular weight excluding hydrogens is 356 g/mol. The number of Topliss-reactive ketones (excluding diaryl/α,β-unsaturated/α-hetero) is 1. The van der Waals surface area contributed by atoms with Gasteiger partial charge in [0.15, 0.2) is 11.6 Å². The van der Waals surface area contributed by atoms with Crippen molar-refractivity contribution in [3.63, 3.8) is 0 Å². The maximum Gasteiger partial charge on any atom is 0.185 e. The monoisotopic (exact) mass is 400 g/mol. The summed E-state index contributed by atoms with van der Waals surface area (Å²) < 4.78 is 0. The first-order valence-electron chi connectivity index (χ1n) is 11.8. The molecule has 0 amide bonds. The van der Waals surface area contributed by atoms with Crippen molar-refractivity contribution in [1.29, 1.82) is 0 Å². The van der Waals surface area contributed by atoms with Crippen molar-refractivity contribution in [3.05, 3.63) is 34.9 Å². The fourth-order valence-corrected chi connectivity index (χ4v) is 4.06. The maximum absolute atomic E-state index is 12.1. The average molecular weight is 401 g/mol. The number of allylic oxidation sites excluding steroid dienone is 6. The fourth-order valence-electron chi connectivity index (χ4n) is 4.06. The highest BCUT2D eigenvalue weighted by molar-refractivity contribution is 6.20. The van der Waals surface area contributed by atoms with Gasteiger partial charge in [0.2, 0.25) is 0 Å². The molecule has 0 aromatic carbocycles. The third-order valence-corrected chi connectivity index (χ3v) is 6.14. The van der Waals surface area contributed by atoms with E-state index in [1.807, 2.05) is 0 Å². The minimum atomic E-state index is -0.0637. The third kappa shape index (κ3) is 11.4. The van der Waals surface area contributed by atoms with Crippen LogP contribution in [0.5, 0.6) is 0 Å². The minimum absolute atomic E-state index is 0.0145. The van der Waals surface area contributed by atoms with Gasteiger partial charge < -0.3 is 0 Å². The van der Waals surface area contributed by atoms with Gasteiger partial charge >= 0.3 is 0 Å². The molecule has 0 radical (unpaired) electrons. The van der Waals surface area contributed by atoms with Crippen LogP contribution in [-0.4, -0.2) is 11.6 Å². The largest absolute Gasteiger partial charge is 0.290 e. The highest BCUT2D eigenvalue weighted by Gasteiger charge is 2.17. The summed E-state index contributed by atoms with van der Waals surface area (Å²) in [5.74, 6) is 2.45. The fraction of sp³-hybridized carbons (Fsp3) is 0.704. The predicted molar refractivity (Wildman–Crippen MR) is 125 cm³/mol. The van der Waals surface area contributed by atoms with Gasteiger partial charge in [-0.05, 0) is 63.0 Å². The number of rotatable bonds is 14. The SMILES string of the molecule is CC(=CCC1=CC(=O)C=C(C)C1=O)CCCC(C)CCCC(C)CCCC(C)C. The average Bonchev–Trinajstić information content (AvgIpc) is 2.63. The van der Waals surface area contributed by atoms with Gasteiger partial charge in [-0.3, -0.25) is 9.59 Å². The molecule has 2 nitrogen and oxygen atoms in total. The van der Waals surface area contributed by atoms with Crippen LogP contribution < -0.4 is 0 Å². The molecule has 2 atom stereocenters. The Morgan fingerprint density at radius 2 is 1.41 bits per heavy atom. The zero-order valence-corrected chi connectivity index (χ0v) is 19.9. The Balaban J connectivity index is 2.18. The molecule has 2 unspecified atom stereocenters. The maximum atomic E-state index is 12.1. The van der Waals surface area contributed by atoms with Crippen LogP contribution in [0.4, 0.5) is 0 Å². The minimum Gasteiger partial charge on any atom is -0.290 e. The van der Waals surface area contributed by atoms with Crippen LogP contribution in [0, 0.1) is 17.8 Å². The Hall–Kier alpha value is -1.44. The van der Waals surface area contributed by atoms with Crippen molar-refractivity contribution in [2.75, 3.05) is 0 Å². The summed E-state index contributed by atoms with van der Waals surface area (Å²) in [6, 6.07) is 0. The molecule has 29 heavy (non-hydrogen) atoms. The van der Waals surface area contributed by atoms with Gasteiger partial charge in [-0.25, -0.2) is 0 Å². The molecular formula is C27H44O2. The van der Waals surface area contributed by atoms with E-state index >= 15 is 0 Å². The van der Waals surface area contributed by atoms with E-state index in [0.717, 1.165) is 24.2 Å². The molecule has 0 saturated heterocycles. The van der Waals surface area contributed by atoms with E-state index in [4.69, 9.17) is 0 Å². The standard InChI is InChI=1S/C27H44O2/c1-20(2)10-7-11-21(3)12-8-13-22(4)14-9-15-23(5)16-17-25-19-26(28)18-24(6)27(25)29/h16,18-22H,7-15,17H2,1-6H3. The summed E-state index contributed by atoms with van der Waals surface area (Å²) in [6.45, 7) is 13.3. The molecule has 0 fully saturated rings. The lowest BCUT2D eigenvalue weighted by Crippen LogP contribution is -2.12. The Kier molecular flexibility index (Phi) is 12.1. The Morgan fingerprint density at radius 1 is 0.862 bits per heavy atom. The second kappa shape index (κ2) is 13.7. The van der Waals surface area contributed by atoms with Crippen molar-refractivity contribution in [1.82, 2.24) is 0 Å². The van der Waals surface area contributed by atoms with Gasteiger partial charge in [0, 0.05) is 11.1 Å². The molecule has 2 heteroatoms.